The zero-order valence-electron chi connectivity index (χ0n) is 14.5. The largest absolute Gasteiger partial charge is 0.461 e. The van der Waals surface area contributed by atoms with Crippen molar-refractivity contribution in [2.45, 2.75) is 20.5 Å². The highest BCUT2D eigenvalue weighted by molar-refractivity contribution is 6.55. The number of esters is 1. The summed E-state index contributed by atoms with van der Waals surface area (Å²) in [6.07, 6.45) is 1.71. The number of ether oxygens (including phenoxy) is 1. The molecule has 0 radical (unpaired) electrons. The zero-order chi connectivity index (χ0) is 18.9. The molecular formula is C21H19Cl3O2. The minimum atomic E-state index is -0.234. The molecule has 2 nitrogen and oxygen atoms in total. The van der Waals surface area contributed by atoms with E-state index in [9.17, 15) is 4.79 Å². The van der Waals surface area contributed by atoms with Crippen molar-refractivity contribution in [1.82, 2.24) is 0 Å². The summed E-state index contributed by atoms with van der Waals surface area (Å²) in [6, 6.07) is 15.5. The van der Waals surface area contributed by atoms with Gasteiger partial charge in [-0.25, -0.2) is 0 Å². The Morgan fingerprint density at radius 2 is 1.85 bits per heavy atom. The van der Waals surface area contributed by atoms with Crippen LogP contribution in [0.2, 0.25) is 5.02 Å². The molecule has 3 rings (SSSR count). The van der Waals surface area contributed by atoms with Crippen LogP contribution in [-0.2, 0) is 16.1 Å². The Balaban J connectivity index is 1.69. The van der Waals surface area contributed by atoms with Crippen molar-refractivity contribution in [3.63, 3.8) is 0 Å². The first-order chi connectivity index (χ1) is 12.3. The second-order valence-corrected chi connectivity index (χ2v) is 8.48. The summed E-state index contributed by atoms with van der Waals surface area (Å²) >= 11 is 17.8. The maximum atomic E-state index is 12.4. The molecule has 136 valence electrons. The molecule has 1 fully saturated rings. The van der Waals surface area contributed by atoms with Gasteiger partial charge in [-0.1, -0.05) is 85.0 Å². The first-order valence-corrected chi connectivity index (χ1v) is 9.47. The quantitative estimate of drug-likeness (QED) is 0.517. The Hall–Kier alpha value is -1.48. The van der Waals surface area contributed by atoms with Crippen molar-refractivity contribution in [2.75, 3.05) is 0 Å². The van der Waals surface area contributed by atoms with E-state index in [1.54, 1.807) is 6.08 Å². The van der Waals surface area contributed by atoms with Crippen molar-refractivity contribution in [3.05, 3.63) is 69.7 Å². The highest BCUT2D eigenvalue weighted by Gasteiger charge is 2.61. The minimum Gasteiger partial charge on any atom is -0.461 e. The summed E-state index contributed by atoms with van der Waals surface area (Å²) in [5.41, 5.74) is 2.64. The van der Waals surface area contributed by atoms with E-state index in [1.165, 1.54) is 0 Å². The fourth-order valence-electron chi connectivity index (χ4n) is 3.32. The number of carbonyl (C=O) groups excluding carboxylic acids is 1. The number of allylic oxidation sites excluding steroid dienone is 1. The smallest absolute Gasteiger partial charge is 0.310 e. The van der Waals surface area contributed by atoms with Crippen LogP contribution in [0.1, 0.15) is 19.4 Å². The molecule has 0 saturated heterocycles. The average Bonchev–Trinajstić information content (AvgIpc) is 3.14. The van der Waals surface area contributed by atoms with Gasteiger partial charge in [0.05, 0.1) is 5.92 Å². The number of hydrogen-bond acceptors (Lipinski definition) is 2. The van der Waals surface area contributed by atoms with Gasteiger partial charge in [-0.05, 0) is 40.7 Å². The van der Waals surface area contributed by atoms with Gasteiger partial charge in [-0.3, -0.25) is 4.79 Å². The fraction of sp³-hybridized carbons (Fsp3) is 0.286. The van der Waals surface area contributed by atoms with E-state index in [1.807, 2.05) is 62.4 Å². The first kappa shape index (κ1) is 19.3. The Labute approximate surface area is 168 Å². The molecule has 1 aliphatic carbocycles. The van der Waals surface area contributed by atoms with Crippen LogP contribution in [0.3, 0.4) is 0 Å². The molecule has 1 saturated carbocycles. The van der Waals surface area contributed by atoms with Crippen molar-refractivity contribution >= 4 is 40.8 Å². The molecule has 0 unspecified atom stereocenters. The van der Waals surface area contributed by atoms with Crippen LogP contribution in [-0.4, -0.2) is 5.97 Å². The van der Waals surface area contributed by atoms with E-state index in [0.29, 0.717) is 5.02 Å². The van der Waals surface area contributed by atoms with Crippen LogP contribution in [0.15, 0.2) is 59.1 Å². The molecule has 0 bridgehead atoms. The Morgan fingerprint density at radius 1 is 1.15 bits per heavy atom. The summed E-state index contributed by atoms with van der Waals surface area (Å²) in [6.45, 7) is 4.21. The molecule has 0 aromatic heterocycles. The number of hydrogen-bond donors (Lipinski definition) is 0. The summed E-state index contributed by atoms with van der Waals surface area (Å²) in [7, 11) is 0. The highest BCUT2D eigenvalue weighted by atomic mass is 35.5. The molecule has 0 amide bonds. The number of rotatable bonds is 5. The molecule has 5 heteroatoms. The fourth-order valence-corrected chi connectivity index (χ4v) is 3.82. The van der Waals surface area contributed by atoms with Gasteiger partial charge in [-0.15, -0.1) is 0 Å². The van der Waals surface area contributed by atoms with E-state index < -0.39 is 0 Å². The maximum Gasteiger partial charge on any atom is 0.310 e. The summed E-state index contributed by atoms with van der Waals surface area (Å²) in [4.78, 5) is 12.4. The number of halogens is 3. The SMILES string of the molecule is CC1(C)[C@@H](C=C(Cl)Cl)[C@@H]1C(=O)OCc1ccc(Cl)c(-c2ccccc2)c1. The third-order valence-corrected chi connectivity index (χ3v) is 5.55. The zero-order valence-corrected chi connectivity index (χ0v) is 16.8. The topological polar surface area (TPSA) is 26.3 Å². The van der Waals surface area contributed by atoms with Crippen LogP contribution in [0.5, 0.6) is 0 Å². The van der Waals surface area contributed by atoms with E-state index in [4.69, 9.17) is 39.5 Å². The highest BCUT2D eigenvalue weighted by Crippen LogP contribution is 2.60. The van der Waals surface area contributed by atoms with E-state index in [2.05, 4.69) is 0 Å². The van der Waals surface area contributed by atoms with Crippen molar-refractivity contribution in [2.24, 2.45) is 17.3 Å². The van der Waals surface area contributed by atoms with Crippen molar-refractivity contribution in [1.29, 1.82) is 0 Å². The third-order valence-electron chi connectivity index (χ3n) is 4.97. The molecular weight excluding hydrogens is 391 g/mol. The van der Waals surface area contributed by atoms with Gasteiger partial charge in [0.15, 0.2) is 0 Å². The lowest BCUT2D eigenvalue weighted by atomic mass is 10.0. The molecule has 0 spiro atoms. The van der Waals surface area contributed by atoms with Gasteiger partial charge in [0.1, 0.15) is 11.1 Å². The lowest BCUT2D eigenvalue weighted by Crippen LogP contribution is -2.10. The van der Waals surface area contributed by atoms with Crippen molar-refractivity contribution < 1.29 is 9.53 Å². The molecule has 0 heterocycles. The lowest BCUT2D eigenvalue weighted by molar-refractivity contribution is -0.147. The van der Waals surface area contributed by atoms with Crippen molar-refractivity contribution in [3.8, 4) is 11.1 Å². The lowest BCUT2D eigenvalue weighted by Gasteiger charge is -2.09. The molecule has 0 aliphatic heterocycles. The Kier molecular flexibility index (Phi) is 5.67. The first-order valence-electron chi connectivity index (χ1n) is 8.34. The molecule has 0 N–H and O–H groups in total. The normalized spacial score (nSPS) is 20.3. The van der Waals surface area contributed by atoms with Gasteiger partial charge >= 0.3 is 5.97 Å². The monoisotopic (exact) mass is 408 g/mol. The van der Waals surface area contributed by atoms with Gasteiger partial charge in [0.25, 0.3) is 0 Å². The third kappa shape index (κ3) is 4.09. The number of carbonyl (C=O) groups is 1. The molecule has 2 aromatic carbocycles. The van der Waals surface area contributed by atoms with Crippen LogP contribution in [0, 0.1) is 17.3 Å². The minimum absolute atomic E-state index is 0.00472. The molecule has 2 aromatic rings. The molecule has 26 heavy (non-hydrogen) atoms. The van der Waals surface area contributed by atoms with Gasteiger partial charge in [0, 0.05) is 10.6 Å². The summed E-state index contributed by atoms with van der Waals surface area (Å²) < 4.78 is 5.72. The second-order valence-electron chi connectivity index (χ2n) is 7.07. The van der Waals surface area contributed by atoms with Gasteiger partial charge < -0.3 is 4.74 Å². The summed E-state index contributed by atoms with van der Waals surface area (Å²) in [5.74, 6) is -0.456. The van der Waals surface area contributed by atoms with Gasteiger partial charge in [0.2, 0.25) is 0 Å². The van der Waals surface area contributed by atoms with Crippen LogP contribution < -0.4 is 0 Å². The average molecular weight is 410 g/mol. The van der Waals surface area contributed by atoms with E-state index >= 15 is 0 Å². The predicted molar refractivity (Wildman–Crippen MR) is 107 cm³/mol. The van der Waals surface area contributed by atoms with Crippen LogP contribution >= 0.6 is 34.8 Å². The molecule has 1 aliphatic rings. The van der Waals surface area contributed by atoms with E-state index in [-0.39, 0.29) is 34.3 Å². The Bertz CT molecular complexity index is 840. The standard InChI is InChI=1S/C21H19Cl3O2/c1-21(2)16(11-18(23)24)19(21)20(25)26-12-13-8-9-17(22)15(10-13)14-6-4-3-5-7-14/h3-11,16,19H,12H2,1-2H3/t16-,19+/m0/s1. The Morgan fingerprint density at radius 3 is 2.50 bits per heavy atom. The maximum absolute atomic E-state index is 12.4. The number of benzene rings is 2. The second kappa shape index (κ2) is 7.64. The van der Waals surface area contributed by atoms with Gasteiger partial charge in [-0.2, -0.15) is 0 Å². The predicted octanol–water partition coefficient (Wildman–Crippen LogP) is 6.64. The molecule has 2 atom stereocenters. The summed E-state index contributed by atoms with van der Waals surface area (Å²) in [5, 5.41) is 0.663. The van der Waals surface area contributed by atoms with E-state index in [0.717, 1.165) is 16.7 Å². The van der Waals surface area contributed by atoms with Crippen LogP contribution in [0.4, 0.5) is 0 Å². The van der Waals surface area contributed by atoms with Crippen LogP contribution in [0.25, 0.3) is 11.1 Å².